The van der Waals surface area contributed by atoms with E-state index in [4.69, 9.17) is 0 Å². The Hall–Kier alpha value is -2.41. The van der Waals surface area contributed by atoms with Crippen molar-refractivity contribution in [2.45, 2.75) is 31.8 Å². The van der Waals surface area contributed by atoms with Gasteiger partial charge in [0, 0.05) is 32.1 Å². The maximum absolute atomic E-state index is 12.5. The zero-order chi connectivity index (χ0) is 17.1. The van der Waals surface area contributed by atoms with Crippen molar-refractivity contribution in [3.05, 3.63) is 45.1 Å². The van der Waals surface area contributed by atoms with Crippen molar-refractivity contribution in [3.8, 4) is 0 Å². The Bertz CT molecular complexity index is 855. The summed E-state index contributed by atoms with van der Waals surface area (Å²) in [6.07, 6.45) is 2.30. The molecule has 1 amide bonds. The maximum Gasteiger partial charge on any atom is 0.328 e. The van der Waals surface area contributed by atoms with Crippen LogP contribution in [0.2, 0.25) is 0 Å². The van der Waals surface area contributed by atoms with Crippen molar-refractivity contribution < 1.29 is 4.79 Å². The van der Waals surface area contributed by atoms with Crippen LogP contribution in [0.5, 0.6) is 0 Å². The van der Waals surface area contributed by atoms with Crippen molar-refractivity contribution >= 4 is 16.8 Å². The summed E-state index contributed by atoms with van der Waals surface area (Å²) in [6, 6.07) is 7.27. The molecule has 24 heavy (non-hydrogen) atoms. The number of piperidine rings is 1. The number of H-pyrrole nitrogens is 1. The first-order chi connectivity index (χ1) is 11.6. The van der Waals surface area contributed by atoms with Crippen LogP contribution in [-0.2, 0) is 11.3 Å². The first kappa shape index (κ1) is 16.4. The van der Waals surface area contributed by atoms with Crippen LogP contribution < -0.4 is 16.6 Å². The van der Waals surface area contributed by atoms with Crippen molar-refractivity contribution in [1.82, 2.24) is 19.8 Å². The first-order valence-corrected chi connectivity index (χ1v) is 8.27. The summed E-state index contributed by atoms with van der Waals surface area (Å²) in [7, 11) is 1.91. The second-order valence-corrected chi connectivity index (χ2v) is 6.15. The van der Waals surface area contributed by atoms with Gasteiger partial charge < -0.3 is 10.2 Å². The van der Waals surface area contributed by atoms with Crippen LogP contribution in [0.1, 0.15) is 19.3 Å². The topological polar surface area (TPSA) is 87.2 Å². The Morgan fingerprint density at radius 2 is 2.12 bits per heavy atom. The quantitative estimate of drug-likeness (QED) is 0.843. The van der Waals surface area contributed by atoms with Gasteiger partial charge >= 0.3 is 5.69 Å². The molecule has 1 fully saturated rings. The number of likely N-dealkylation sites (N-methyl/N-ethyl adjacent to an activating group) is 1. The van der Waals surface area contributed by atoms with Gasteiger partial charge in [-0.1, -0.05) is 12.1 Å². The molecular formula is C17H22N4O3. The van der Waals surface area contributed by atoms with Gasteiger partial charge in [-0.05, 0) is 32.0 Å². The zero-order valence-electron chi connectivity index (χ0n) is 13.7. The number of aryl methyl sites for hydroxylation is 1. The summed E-state index contributed by atoms with van der Waals surface area (Å²) in [5.74, 6) is 0.0390. The van der Waals surface area contributed by atoms with Crippen LogP contribution in [0.25, 0.3) is 10.9 Å². The number of nitrogens with one attached hydrogen (secondary N) is 2. The van der Waals surface area contributed by atoms with Crippen molar-refractivity contribution in [2.24, 2.45) is 0 Å². The monoisotopic (exact) mass is 330 g/mol. The molecule has 0 spiro atoms. The number of amides is 1. The van der Waals surface area contributed by atoms with E-state index in [1.54, 1.807) is 24.3 Å². The number of fused-ring (bicyclic) bond motifs is 1. The van der Waals surface area contributed by atoms with E-state index < -0.39 is 11.2 Å². The number of para-hydroxylation sites is 1. The van der Waals surface area contributed by atoms with E-state index >= 15 is 0 Å². The molecule has 1 aliphatic heterocycles. The Balaban J connectivity index is 1.77. The lowest BCUT2D eigenvalue weighted by Crippen LogP contribution is -2.47. The standard InChI is InChI=1S/C17H22N4O3/c1-18-12-5-4-9-20(11-12)15(22)8-10-21-14-7-3-2-6-13(14)16(23)19-17(21)24/h2-3,6-7,12,18H,4-5,8-11H2,1H3,(H,19,23,24). The molecule has 1 unspecified atom stereocenters. The summed E-state index contributed by atoms with van der Waals surface area (Å²) in [5, 5.41) is 3.67. The van der Waals surface area contributed by atoms with Gasteiger partial charge in [0.25, 0.3) is 5.56 Å². The van der Waals surface area contributed by atoms with Crippen LogP contribution in [0.15, 0.2) is 33.9 Å². The number of hydrogen-bond donors (Lipinski definition) is 2. The number of rotatable bonds is 4. The lowest BCUT2D eigenvalue weighted by Gasteiger charge is -2.32. The molecule has 2 N–H and O–H groups in total. The number of aromatic amines is 1. The number of carbonyl (C=O) groups is 1. The van der Waals surface area contributed by atoms with Crippen LogP contribution in [-0.4, -0.2) is 46.5 Å². The lowest BCUT2D eigenvalue weighted by molar-refractivity contribution is -0.132. The fourth-order valence-corrected chi connectivity index (χ4v) is 3.27. The third kappa shape index (κ3) is 3.26. The van der Waals surface area contributed by atoms with Crippen LogP contribution in [0, 0.1) is 0 Å². The Morgan fingerprint density at radius 1 is 1.33 bits per heavy atom. The van der Waals surface area contributed by atoms with E-state index in [1.807, 2.05) is 11.9 Å². The number of aromatic nitrogens is 2. The van der Waals surface area contributed by atoms with Gasteiger partial charge in [-0.25, -0.2) is 4.79 Å². The van der Waals surface area contributed by atoms with Gasteiger partial charge in [-0.3, -0.25) is 19.1 Å². The molecule has 2 aromatic rings. The predicted molar refractivity (Wildman–Crippen MR) is 92.1 cm³/mol. The molecule has 0 bridgehead atoms. The minimum Gasteiger partial charge on any atom is -0.341 e. The molecule has 128 valence electrons. The van der Waals surface area contributed by atoms with Gasteiger partial charge in [-0.15, -0.1) is 0 Å². The molecule has 0 saturated carbocycles. The van der Waals surface area contributed by atoms with E-state index in [0.29, 0.717) is 23.5 Å². The van der Waals surface area contributed by atoms with Gasteiger partial charge in [0.1, 0.15) is 0 Å². The summed E-state index contributed by atoms with van der Waals surface area (Å²) in [4.78, 5) is 40.6. The largest absolute Gasteiger partial charge is 0.341 e. The summed E-state index contributed by atoms with van der Waals surface area (Å²) >= 11 is 0. The fraction of sp³-hybridized carbons (Fsp3) is 0.471. The summed E-state index contributed by atoms with van der Waals surface area (Å²) < 4.78 is 1.47. The third-order valence-corrected chi connectivity index (χ3v) is 4.64. The van der Waals surface area contributed by atoms with Crippen molar-refractivity contribution in [2.75, 3.05) is 20.1 Å². The molecule has 3 rings (SSSR count). The van der Waals surface area contributed by atoms with E-state index in [2.05, 4.69) is 10.3 Å². The van der Waals surface area contributed by atoms with Crippen molar-refractivity contribution in [1.29, 1.82) is 0 Å². The second kappa shape index (κ2) is 7.00. The highest BCUT2D eigenvalue weighted by atomic mass is 16.2. The first-order valence-electron chi connectivity index (χ1n) is 8.27. The fourth-order valence-electron chi connectivity index (χ4n) is 3.27. The zero-order valence-corrected chi connectivity index (χ0v) is 13.7. The maximum atomic E-state index is 12.5. The lowest BCUT2D eigenvalue weighted by atomic mass is 10.1. The van der Waals surface area contributed by atoms with Crippen molar-refractivity contribution in [3.63, 3.8) is 0 Å². The second-order valence-electron chi connectivity index (χ2n) is 6.15. The van der Waals surface area contributed by atoms with Crippen LogP contribution >= 0.6 is 0 Å². The normalized spacial score (nSPS) is 18.0. The summed E-state index contributed by atoms with van der Waals surface area (Å²) in [5.41, 5.74) is -0.310. The molecule has 1 aromatic heterocycles. The van der Waals surface area contributed by atoms with Gasteiger partial charge in [-0.2, -0.15) is 0 Å². The van der Waals surface area contributed by atoms with E-state index in [-0.39, 0.29) is 18.9 Å². The molecule has 1 aromatic carbocycles. The van der Waals surface area contributed by atoms with Crippen LogP contribution in [0.3, 0.4) is 0 Å². The smallest absolute Gasteiger partial charge is 0.328 e. The molecular weight excluding hydrogens is 308 g/mol. The predicted octanol–water partition coefficient (Wildman–Crippen LogP) is 0.290. The third-order valence-electron chi connectivity index (χ3n) is 4.64. The molecule has 1 saturated heterocycles. The number of carbonyl (C=O) groups excluding carboxylic acids is 1. The minimum absolute atomic E-state index is 0.0390. The average molecular weight is 330 g/mol. The number of likely N-dealkylation sites (tertiary alicyclic amines) is 1. The highest BCUT2D eigenvalue weighted by Gasteiger charge is 2.22. The molecule has 0 radical (unpaired) electrons. The number of benzene rings is 1. The molecule has 2 heterocycles. The highest BCUT2D eigenvalue weighted by molar-refractivity contribution is 5.79. The van der Waals surface area contributed by atoms with Gasteiger partial charge in [0.2, 0.25) is 5.91 Å². The van der Waals surface area contributed by atoms with Crippen LogP contribution in [0.4, 0.5) is 0 Å². The molecule has 7 heteroatoms. The Labute approximate surface area is 139 Å². The highest BCUT2D eigenvalue weighted by Crippen LogP contribution is 2.12. The Kier molecular flexibility index (Phi) is 4.80. The average Bonchev–Trinajstić information content (AvgIpc) is 2.61. The van der Waals surface area contributed by atoms with Gasteiger partial charge in [0.15, 0.2) is 0 Å². The summed E-state index contributed by atoms with van der Waals surface area (Å²) in [6.45, 7) is 1.73. The molecule has 1 aliphatic rings. The van der Waals surface area contributed by atoms with E-state index in [1.165, 1.54) is 4.57 Å². The van der Waals surface area contributed by atoms with E-state index in [0.717, 1.165) is 19.4 Å². The SMILES string of the molecule is CNC1CCCN(C(=O)CCn2c(=O)[nH]c(=O)c3ccccc32)C1. The molecule has 1 atom stereocenters. The van der Waals surface area contributed by atoms with E-state index in [9.17, 15) is 14.4 Å². The molecule has 0 aliphatic carbocycles. The minimum atomic E-state index is -0.474. The number of nitrogens with zero attached hydrogens (tertiary/aromatic N) is 2. The number of hydrogen-bond acceptors (Lipinski definition) is 4. The van der Waals surface area contributed by atoms with Gasteiger partial charge in [0.05, 0.1) is 10.9 Å². The Morgan fingerprint density at radius 3 is 2.92 bits per heavy atom. The molecule has 7 nitrogen and oxygen atoms in total.